The fourth-order valence-electron chi connectivity index (χ4n) is 2.74. The first-order valence-corrected chi connectivity index (χ1v) is 9.03. The zero-order valence-electron chi connectivity index (χ0n) is 14.0. The molecule has 0 amide bonds. The number of aromatic nitrogens is 1. The summed E-state index contributed by atoms with van der Waals surface area (Å²) in [4.78, 5) is 15.4. The van der Waals surface area contributed by atoms with Crippen LogP contribution in [0.5, 0.6) is 0 Å². The van der Waals surface area contributed by atoms with E-state index in [4.69, 9.17) is 5.11 Å². The average Bonchev–Trinajstić information content (AvgIpc) is 2.67. The molecule has 2 aromatic carbocycles. The van der Waals surface area contributed by atoms with Crippen molar-refractivity contribution >= 4 is 28.5 Å². The molecule has 0 spiro atoms. The Morgan fingerprint density at radius 3 is 2.59 bits per heavy atom. The number of thioether (sulfide) groups is 1. The molecule has 1 heterocycles. The standard InChI is InChI=1S/C20H14F2N2O2S/c21-20(22,19(25)26)8-10-27-18-7-9-24-12-17(18)16-6-5-13(11-23)14-3-1-2-4-15(14)16/h1-7,9,12H,8,10H2,(H,25,26). The molecule has 0 atom stereocenters. The Hall–Kier alpha value is -2.98. The summed E-state index contributed by atoms with van der Waals surface area (Å²) in [5.41, 5.74) is 2.14. The van der Waals surface area contributed by atoms with Crippen molar-refractivity contribution in [1.29, 1.82) is 5.26 Å². The number of hydrogen-bond donors (Lipinski definition) is 1. The van der Waals surface area contributed by atoms with Crippen molar-refractivity contribution in [2.24, 2.45) is 0 Å². The van der Waals surface area contributed by atoms with E-state index in [1.807, 2.05) is 30.3 Å². The molecule has 0 radical (unpaired) electrons. The molecular formula is C20H14F2N2O2S. The van der Waals surface area contributed by atoms with E-state index in [9.17, 15) is 18.8 Å². The van der Waals surface area contributed by atoms with Crippen molar-refractivity contribution in [3.63, 3.8) is 0 Å². The number of halogens is 2. The molecule has 7 heteroatoms. The van der Waals surface area contributed by atoms with Gasteiger partial charge in [-0.15, -0.1) is 11.8 Å². The molecule has 0 fully saturated rings. The van der Waals surface area contributed by atoms with Gasteiger partial charge >= 0.3 is 11.9 Å². The zero-order chi connectivity index (χ0) is 19.4. The van der Waals surface area contributed by atoms with Crippen LogP contribution in [0.1, 0.15) is 12.0 Å². The third kappa shape index (κ3) is 3.91. The quantitative estimate of drug-likeness (QED) is 0.607. The first-order chi connectivity index (χ1) is 12.9. The average molecular weight is 384 g/mol. The maximum absolute atomic E-state index is 13.3. The fourth-order valence-corrected chi connectivity index (χ4v) is 3.79. The van der Waals surface area contributed by atoms with Crippen LogP contribution in [0.15, 0.2) is 59.8 Å². The third-order valence-corrected chi connectivity index (χ3v) is 5.18. The maximum atomic E-state index is 13.3. The van der Waals surface area contributed by atoms with Gasteiger partial charge in [-0.1, -0.05) is 30.3 Å². The van der Waals surface area contributed by atoms with Crippen LogP contribution in [0, 0.1) is 11.3 Å². The molecule has 0 saturated carbocycles. The van der Waals surface area contributed by atoms with Crippen molar-refractivity contribution in [2.75, 3.05) is 5.75 Å². The highest BCUT2D eigenvalue weighted by atomic mass is 32.2. The second kappa shape index (κ2) is 7.72. The summed E-state index contributed by atoms with van der Waals surface area (Å²) in [5.74, 6) is -5.91. The lowest BCUT2D eigenvalue weighted by Gasteiger charge is -2.14. The van der Waals surface area contributed by atoms with Crippen LogP contribution < -0.4 is 0 Å². The minimum absolute atomic E-state index is 0.0511. The van der Waals surface area contributed by atoms with Crippen molar-refractivity contribution in [1.82, 2.24) is 4.98 Å². The van der Waals surface area contributed by atoms with Crippen LogP contribution in [0.4, 0.5) is 8.78 Å². The van der Waals surface area contributed by atoms with Gasteiger partial charge in [0, 0.05) is 40.4 Å². The monoisotopic (exact) mass is 384 g/mol. The van der Waals surface area contributed by atoms with Gasteiger partial charge in [-0.05, 0) is 23.1 Å². The molecule has 0 bridgehead atoms. The number of carboxylic acid groups (broad SMARTS) is 1. The largest absolute Gasteiger partial charge is 0.477 e. The molecule has 0 aliphatic carbocycles. The molecule has 4 nitrogen and oxygen atoms in total. The molecule has 0 saturated heterocycles. The number of aliphatic carboxylic acids is 1. The maximum Gasteiger partial charge on any atom is 0.374 e. The molecule has 0 aliphatic rings. The van der Waals surface area contributed by atoms with Gasteiger partial charge in [0.15, 0.2) is 0 Å². The van der Waals surface area contributed by atoms with E-state index in [-0.39, 0.29) is 5.75 Å². The van der Waals surface area contributed by atoms with E-state index in [2.05, 4.69) is 11.1 Å². The molecule has 0 unspecified atom stereocenters. The van der Waals surface area contributed by atoms with E-state index in [0.29, 0.717) is 5.56 Å². The Morgan fingerprint density at radius 2 is 1.89 bits per heavy atom. The van der Waals surface area contributed by atoms with Crippen LogP contribution in [0.25, 0.3) is 21.9 Å². The highest BCUT2D eigenvalue weighted by Crippen LogP contribution is 2.37. The molecule has 3 aromatic rings. The number of fused-ring (bicyclic) bond motifs is 1. The summed E-state index contributed by atoms with van der Waals surface area (Å²) in [6.45, 7) is 0. The zero-order valence-corrected chi connectivity index (χ0v) is 14.8. The first kappa shape index (κ1) is 18.8. The molecule has 1 N–H and O–H groups in total. The van der Waals surface area contributed by atoms with Crippen molar-refractivity contribution in [3.8, 4) is 17.2 Å². The van der Waals surface area contributed by atoms with Crippen LogP contribution in [-0.2, 0) is 4.79 Å². The predicted octanol–water partition coefficient (Wildman–Crippen LogP) is 4.98. The topological polar surface area (TPSA) is 74.0 Å². The number of carboxylic acids is 1. The SMILES string of the molecule is N#Cc1ccc(-c2cnccc2SCCC(F)(F)C(=O)O)c2ccccc12. The number of nitrogens with zero attached hydrogens (tertiary/aromatic N) is 2. The Labute approximate surface area is 158 Å². The van der Waals surface area contributed by atoms with E-state index in [1.165, 1.54) is 0 Å². The highest BCUT2D eigenvalue weighted by Gasteiger charge is 2.38. The van der Waals surface area contributed by atoms with Gasteiger partial charge < -0.3 is 5.11 Å². The Balaban J connectivity index is 1.97. The van der Waals surface area contributed by atoms with Gasteiger partial charge in [-0.25, -0.2) is 4.79 Å². The molecule has 136 valence electrons. The van der Waals surface area contributed by atoms with Crippen LogP contribution >= 0.6 is 11.8 Å². The Kier molecular flexibility index (Phi) is 5.38. The summed E-state index contributed by atoms with van der Waals surface area (Å²) in [6, 6.07) is 14.9. The molecular weight excluding hydrogens is 370 g/mol. The molecule has 27 heavy (non-hydrogen) atoms. The van der Waals surface area contributed by atoms with Gasteiger partial charge in [-0.3, -0.25) is 4.98 Å². The number of alkyl halides is 2. The van der Waals surface area contributed by atoms with Gasteiger partial charge in [-0.2, -0.15) is 14.0 Å². The number of pyridine rings is 1. The minimum Gasteiger partial charge on any atom is -0.477 e. The summed E-state index contributed by atoms with van der Waals surface area (Å²) in [7, 11) is 0. The normalized spacial score (nSPS) is 11.3. The third-order valence-electron chi connectivity index (χ3n) is 4.10. The van der Waals surface area contributed by atoms with E-state index >= 15 is 0 Å². The second-order valence-electron chi connectivity index (χ2n) is 5.80. The summed E-state index contributed by atoms with van der Waals surface area (Å²) < 4.78 is 26.6. The Bertz CT molecular complexity index is 1050. The lowest BCUT2D eigenvalue weighted by Crippen LogP contribution is -2.28. The lowest BCUT2D eigenvalue weighted by atomic mass is 9.96. The molecule has 0 aliphatic heterocycles. The van der Waals surface area contributed by atoms with Crippen LogP contribution in [0.2, 0.25) is 0 Å². The molecule has 3 rings (SSSR count). The fraction of sp³-hybridized carbons (Fsp3) is 0.150. The number of carbonyl (C=O) groups is 1. The van der Waals surface area contributed by atoms with Crippen molar-refractivity contribution in [3.05, 3.63) is 60.4 Å². The summed E-state index contributed by atoms with van der Waals surface area (Å²) in [6.07, 6.45) is 2.45. The van der Waals surface area contributed by atoms with Crippen molar-refractivity contribution in [2.45, 2.75) is 17.2 Å². The lowest BCUT2D eigenvalue weighted by molar-refractivity contribution is -0.164. The van der Waals surface area contributed by atoms with Gasteiger partial charge in [0.1, 0.15) is 0 Å². The van der Waals surface area contributed by atoms with E-state index in [1.54, 1.807) is 24.5 Å². The highest BCUT2D eigenvalue weighted by molar-refractivity contribution is 7.99. The second-order valence-corrected chi connectivity index (χ2v) is 6.93. The predicted molar refractivity (Wildman–Crippen MR) is 99.8 cm³/mol. The number of nitriles is 1. The number of hydrogen-bond acceptors (Lipinski definition) is 4. The van der Waals surface area contributed by atoms with Crippen molar-refractivity contribution < 1.29 is 18.7 Å². The summed E-state index contributed by atoms with van der Waals surface area (Å²) >= 11 is 1.16. The summed E-state index contributed by atoms with van der Waals surface area (Å²) in [5, 5.41) is 19.5. The van der Waals surface area contributed by atoms with Gasteiger partial charge in [0.25, 0.3) is 0 Å². The molecule has 1 aromatic heterocycles. The van der Waals surface area contributed by atoms with Crippen LogP contribution in [-0.4, -0.2) is 27.7 Å². The number of rotatable bonds is 6. The smallest absolute Gasteiger partial charge is 0.374 e. The van der Waals surface area contributed by atoms with Crippen LogP contribution in [0.3, 0.4) is 0 Å². The minimum atomic E-state index is -3.75. The van der Waals surface area contributed by atoms with Gasteiger partial charge in [0.2, 0.25) is 0 Å². The van der Waals surface area contributed by atoms with E-state index < -0.39 is 18.3 Å². The Morgan fingerprint density at radius 1 is 1.15 bits per heavy atom. The first-order valence-electron chi connectivity index (χ1n) is 8.04. The van der Waals surface area contributed by atoms with Gasteiger partial charge in [0.05, 0.1) is 11.6 Å². The number of benzene rings is 2. The van der Waals surface area contributed by atoms with E-state index in [0.717, 1.165) is 38.6 Å².